The highest BCUT2D eigenvalue weighted by molar-refractivity contribution is 7.19. The Labute approximate surface area is 99.6 Å². The maximum absolute atomic E-state index is 11.5. The van der Waals surface area contributed by atoms with Gasteiger partial charge in [0.15, 0.2) is 5.13 Å². The van der Waals surface area contributed by atoms with E-state index in [1.165, 1.54) is 17.4 Å². The lowest BCUT2D eigenvalue weighted by atomic mass is 10.1. The molecule has 3 N–H and O–H groups in total. The smallest absolute Gasteiger partial charge is 0.250 e. The number of nitrogens with zero attached hydrogens (tertiary/aromatic N) is 1. The van der Waals surface area contributed by atoms with E-state index in [1.54, 1.807) is 0 Å². The van der Waals surface area contributed by atoms with Gasteiger partial charge in [-0.25, -0.2) is 4.98 Å². The molecule has 5 heteroatoms. The van der Waals surface area contributed by atoms with Gasteiger partial charge in [0.05, 0.1) is 5.69 Å². The lowest BCUT2D eigenvalue weighted by Crippen LogP contribution is -2.08. The van der Waals surface area contributed by atoms with Gasteiger partial charge in [0.25, 0.3) is 0 Å². The van der Waals surface area contributed by atoms with Crippen LogP contribution in [-0.4, -0.2) is 10.9 Å². The van der Waals surface area contributed by atoms with E-state index in [2.05, 4.69) is 10.3 Å². The molecule has 4 nitrogen and oxygen atoms in total. The first-order valence-electron chi connectivity index (χ1n) is 5.12. The third kappa shape index (κ3) is 3.34. The topological polar surface area (TPSA) is 68.0 Å². The van der Waals surface area contributed by atoms with E-state index in [0.29, 0.717) is 10.1 Å². The highest BCUT2D eigenvalue weighted by Gasteiger charge is 2.12. The lowest BCUT2D eigenvalue weighted by Gasteiger charge is -1.99. The van der Waals surface area contributed by atoms with Crippen LogP contribution in [0.1, 0.15) is 39.3 Å². The molecule has 16 heavy (non-hydrogen) atoms. The molecule has 0 atom stereocenters. The van der Waals surface area contributed by atoms with Gasteiger partial charge in [0.1, 0.15) is 5.00 Å². The summed E-state index contributed by atoms with van der Waals surface area (Å²) in [5, 5.41) is 3.93. The average Bonchev–Trinajstić information content (AvgIpc) is 2.44. The zero-order chi connectivity index (χ0) is 12.3. The van der Waals surface area contributed by atoms with Gasteiger partial charge >= 0.3 is 0 Å². The van der Waals surface area contributed by atoms with Crippen molar-refractivity contribution in [3.05, 3.63) is 17.3 Å². The largest absolute Gasteiger partial charge is 0.389 e. The number of rotatable bonds is 3. The second-order valence-electron chi connectivity index (χ2n) is 4.13. The minimum atomic E-state index is -0.163. The molecule has 0 bridgehead atoms. The van der Waals surface area contributed by atoms with Crippen molar-refractivity contribution in [3.63, 3.8) is 0 Å². The van der Waals surface area contributed by atoms with Crippen molar-refractivity contribution < 1.29 is 4.79 Å². The Hall–Kier alpha value is -1.36. The molecular formula is C11H17N3OS. The Balaban J connectivity index is 2.80. The molecule has 0 unspecified atom stereocenters. The molecule has 0 spiro atoms. The zero-order valence-corrected chi connectivity index (χ0v) is 10.8. The second-order valence-corrected chi connectivity index (χ2v) is 5.16. The first-order valence-corrected chi connectivity index (χ1v) is 5.94. The molecule has 0 radical (unpaired) electrons. The summed E-state index contributed by atoms with van der Waals surface area (Å²) in [6.45, 7) is 7.78. The number of hydrogen-bond acceptors (Lipinski definition) is 4. The number of anilines is 2. The van der Waals surface area contributed by atoms with Crippen LogP contribution in [-0.2, 0) is 4.79 Å². The van der Waals surface area contributed by atoms with Crippen molar-refractivity contribution in [1.29, 1.82) is 0 Å². The summed E-state index contributed by atoms with van der Waals surface area (Å²) in [6, 6.07) is 0. The van der Waals surface area contributed by atoms with Crippen LogP contribution < -0.4 is 11.1 Å². The number of nitrogen functional groups attached to an aromatic ring is 1. The maximum atomic E-state index is 11.5. The molecule has 88 valence electrons. The Morgan fingerprint density at radius 3 is 2.56 bits per heavy atom. The van der Waals surface area contributed by atoms with Crippen LogP contribution in [0.4, 0.5) is 10.1 Å². The fourth-order valence-corrected chi connectivity index (χ4v) is 2.10. The first-order chi connectivity index (χ1) is 7.40. The highest BCUT2D eigenvalue weighted by atomic mass is 32.1. The van der Waals surface area contributed by atoms with Crippen LogP contribution in [0.15, 0.2) is 11.6 Å². The monoisotopic (exact) mass is 239 g/mol. The number of allylic oxidation sites excluding steroid dienone is 1. The number of thiazole rings is 1. The van der Waals surface area contributed by atoms with Crippen LogP contribution in [0.2, 0.25) is 0 Å². The molecule has 0 aliphatic rings. The van der Waals surface area contributed by atoms with Gasteiger partial charge in [-0.15, -0.1) is 0 Å². The van der Waals surface area contributed by atoms with Gasteiger partial charge in [-0.3, -0.25) is 10.1 Å². The van der Waals surface area contributed by atoms with Gasteiger partial charge in [-0.2, -0.15) is 0 Å². The minimum absolute atomic E-state index is 0.163. The first kappa shape index (κ1) is 12.7. The number of amides is 1. The predicted molar refractivity (Wildman–Crippen MR) is 68.7 cm³/mol. The lowest BCUT2D eigenvalue weighted by molar-refractivity contribution is -0.111. The van der Waals surface area contributed by atoms with Gasteiger partial charge in [0, 0.05) is 6.08 Å². The third-order valence-corrected chi connectivity index (χ3v) is 2.69. The standard InChI is InChI=1S/C11H17N3OS/c1-6(2)5-8(15)13-11-14-9(7(3)4)10(12)16-11/h5,7H,12H2,1-4H3,(H,13,14,15). The van der Waals surface area contributed by atoms with Crippen LogP contribution in [0.25, 0.3) is 0 Å². The Morgan fingerprint density at radius 2 is 2.12 bits per heavy atom. The van der Waals surface area contributed by atoms with Gasteiger partial charge in [-0.1, -0.05) is 30.8 Å². The molecule has 0 aromatic carbocycles. The normalized spacial score (nSPS) is 10.3. The Kier molecular flexibility index (Phi) is 4.06. The molecule has 1 rings (SSSR count). The fourth-order valence-electron chi connectivity index (χ4n) is 1.21. The number of nitrogens with two attached hydrogens (primary N) is 1. The summed E-state index contributed by atoms with van der Waals surface area (Å²) >= 11 is 1.30. The molecule has 0 fully saturated rings. The van der Waals surface area contributed by atoms with Crippen molar-refractivity contribution in [3.8, 4) is 0 Å². The summed E-state index contributed by atoms with van der Waals surface area (Å²) in [4.78, 5) is 15.7. The predicted octanol–water partition coefficient (Wildman–Crippen LogP) is 2.75. The van der Waals surface area contributed by atoms with Crippen LogP contribution in [0.5, 0.6) is 0 Å². The maximum Gasteiger partial charge on any atom is 0.250 e. The van der Waals surface area contributed by atoms with E-state index in [4.69, 9.17) is 5.73 Å². The number of carbonyl (C=O) groups excluding carboxylic acids is 1. The molecule has 1 aromatic heterocycles. The SMILES string of the molecule is CC(C)=CC(=O)Nc1nc(C(C)C)c(N)s1. The van der Waals surface area contributed by atoms with Crippen molar-refractivity contribution in [2.75, 3.05) is 11.1 Å². The van der Waals surface area contributed by atoms with Crippen LogP contribution in [0.3, 0.4) is 0 Å². The molecule has 0 aliphatic carbocycles. The van der Waals surface area contributed by atoms with E-state index in [0.717, 1.165) is 11.3 Å². The third-order valence-electron chi connectivity index (χ3n) is 1.88. The van der Waals surface area contributed by atoms with Crippen molar-refractivity contribution in [1.82, 2.24) is 4.98 Å². The summed E-state index contributed by atoms with van der Waals surface area (Å²) in [5.74, 6) is 0.106. The van der Waals surface area contributed by atoms with E-state index >= 15 is 0 Å². The van der Waals surface area contributed by atoms with Crippen molar-refractivity contribution >= 4 is 27.4 Å². The van der Waals surface area contributed by atoms with Gasteiger partial charge < -0.3 is 5.73 Å². The Morgan fingerprint density at radius 1 is 1.50 bits per heavy atom. The quantitative estimate of drug-likeness (QED) is 0.797. The zero-order valence-electron chi connectivity index (χ0n) is 10.00. The van der Waals surface area contributed by atoms with Crippen molar-refractivity contribution in [2.45, 2.75) is 33.6 Å². The van der Waals surface area contributed by atoms with E-state index in [1.807, 2.05) is 27.7 Å². The molecular weight excluding hydrogens is 222 g/mol. The van der Waals surface area contributed by atoms with Crippen LogP contribution >= 0.6 is 11.3 Å². The summed E-state index contributed by atoms with van der Waals surface area (Å²) in [5.41, 5.74) is 7.60. The van der Waals surface area contributed by atoms with Crippen LogP contribution in [0, 0.1) is 0 Å². The number of hydrogen-bond donors (Lipinski definition) is 2. The molecule has 0 saturated carbocycles. The van der Waals surface area contributed by atoms with E-state index in [9.17, 15) is 4.79 Å². The Bertz CT molecular complexity index is 417. The second kappa shape index (κ2) is 5.12. The molecule has 0 saturated heterocycles. The molecule has 0 aliphatic heterocycles. The summed E-state index contributed by atoms with van der Waals surface area (Å²) < 4.78 is 0. The van der Waals surface area contributed by atoms with Gasteiger partial charge in [0.2, 0.25) is 5.91 Å². The number of carbonyl (C=O) groups is 1. The minimum Gasteiger partial charge on any atom is -0.389 e. The number of nitrogens with one attached hydrogen (secondary N) is 1. The molecule has 1 heterocycles. The highest BCUT2D eigenvalue weighted by Crippen LogP contribution is 2.30. The average molecular weight is 239 g/mol. The summed E-state index contributed by atoms with van der Waals surface area (Å²) in [7, 11) is 0. The fraction of sp³-hybridized carbons (Fsp3) is 0.455. The van der Waals surface area contributed by atoms with E-state index < -0.39 is 0 Å². The van der Waals surface area contributed by atoms with Gasteiger partial charge in [-0.05, 0) is 19.8 Å². The summed E-state index contributed by atoms with van der Waals surface area (Å²) in [6.07, 6.45) is 1.53. The van der Waals surface area contributed by atoms with Crippen molar-refractivity contribution in [2.24, 2.45) is 0 Å². The molecule has 1 amide bonds. The van der Waals surface area contributed by atoms with E-state index in [-0.39, 0.29) is 11.8 Å². The number of aromatic nitrogens is 1. The molecule has 1 aromatic rings.